The Balaban J connectivity index is 1.85. The summed E-state index contributed by atoms with van der Waals surface area (Å²) < 4.78 is 11.9. The number of allylic oxidation sites excluding steroid dienone is 4. The molecule has 0 saturated carbocycles. The number of phenols is 1. The van der Waals surface area contributed by atoms with Crippen LogP contribution < -0.4 is 9.47 Å². The second-order valence-corrected chi connectivity index (χ2v) is 9.90. The Kier molecular flexibility index (Phi) is 9.42. The van der Waals surface area contributed by atoms with Crippen LogP contribution in [0.25, 0.3) is 0 Å². The van der Waals surface area contributed by atoms with Gasteiger partial charge in [0.05, 0.1) is 7.11 Å². The number of Topliss-reactive ketones (excluding diaryl/α,β-unsaturated/α-hetero) is 1. The minimum Gasteiger partial charge on any atom is -0.504 e. The van der Waals surface area contributed by atoms with E-state index in [1.807, 2.05) is 20.8 Å². The molecule has 0 saturated heterocycles. The molecule has 0 unspecified atom stereocenters. The van der Waals surface area contributed by atoms with Crippen molar-refractivity contribution in [2.45, 2.75) is 98.5 Å². The maximum absolute atomic E-state index is 11.8. The molecule has 1 aromatic carbocycles. The van der Waals surface area contributed by atoms with Crippen molar-refractivity contribution in [3.05, 3.63) is 40.5 Å². The van der Waals surface area contributed by atoms with Gasteiger partial charge in [0.25, 0.3) is 0 Å². The molecule has 2 rings (SSSR count). The molecule has 0 radical (unpaired) electrons. The maximum Gasteiger partial charge on any atom is 0.167 e. The van der Waals surface area contributed by atoms with Gasteiger partial charge < -0.3 is 14.6 Å². The molecule has 0 fully saturated rings. The minimum atomic E-state index is -0.212. The summed E-state index contributed by atoms with van der Waals surface area (Å²) in [5, 5.41) is 10.2. The molecule has 1 aliphatic rings. The lowest BCUT2D eigenvalue weighted by atomic mass is 9.87. The van der Waals surface area contributed by atoms with Crippen LogP contribution in [-0.2, 0) is 11.2 Å². The molecule has 0 bridgehead atoms. The number of hydrogen-bond acceptors (Lipinski definition) is 4. The van der Waals surface area contributed by atoms with Gasteiger partial charge >= 0.3 is 0 Å². The number of carbonyl (C=O) groups excluding carboxylic acids is 1. The van der Waals surface area contributed by atoms with Crippen molar-refractivity contribution in [3.8, 4) is 17.2 Å². The average Bonchev–Trinajstić information content (AvgIpc) is 2.72. The fourth-order valence-corrected chi connectivity index (χ4v) is 4.27. The third-order valence-electron chi connectivity index (χ3n) is 6.56. The molecule has 0 aromatic heterocycles. The molecular weight excluding hydrogens is 400 g/mol. The van der Waals surface area contributed by atoms with Gasteiger partial charge in [-0.15, -0.1) is 0 Å². The lowest BCUT2D eigenvalue weighted by molar-refractivity contribution is -0.121. The lowest BCUT2D eigenvalue weighted by Crippen LogP contribution is -2.36. The smallest absolute Gasteiger partial charge is 0.167 e. The Labute approximate surface area is 194 Å². The third-order valence-corrected chi connectivity index (χ3v) is 6.56. The van der Waals surface area contributed by atoms with Gasteiger partial charge in [-0.3, -0.25) is 4.79 Å². The highest BCUT2D eigenvalue weighted by Gasteiger charge is 2.34. The second kappa shape index (κ2) is 11.6. The van der Waals surface area contributed by atoms with Gasteiger partial charge in [0, 0.05) is 17.9 Å². The molecule has 1 atom stereocenters. The normalized spacial score (nSPS) is 19.0. The zero-order valence-electron chi connectivity index (χ0n) is 21.1. The van der Waals surface area contributed by atoms with E-state index in [-0.39, 0.29) is 17.3 Å². The molecule has 32 heavy (non-hydrogen) atoms. The minimum absolute atomic E-state index is 0.134. The summed E-state index contributed by atoms with van der Waals surface area (Å²) in [6.07, 6.45) is 11.9. The van der Waals surface area contributed by atoms with Crippen LogP contribution in [-0.4, -0.2) is 23.6 Å². The van der Waals surface area contributed by atoms with Crippen molar-refractivity contribution in [1.82, 2.24) is 0 Å². The van der Waals surface area contributed by atoms with Crippen molar-refractivity contribution >= 4 is 5.78 Å². The van der Waals surface area contributed by atoms with Gasteiger partial charge in [-0.1, -0.05) is 37.1 Å². The number of carbonyl (C=O) groups is 1. The van der Waals surface area contributed by atoms with Crippen LogP contribution in [0.3, 0.4) is 0 Å². The van der Waals surface area contributed by atoms with E-state index in [1.165, 1.54) is 11.1 Å². The Hall–Kier alpha value is -2.23. The van der Waals surface area contributed by atoms with Gasteiger partial charge in [-0.25, -0.2) is 0 Å². The predicted molar refractivity (Wildman–Crippen MR) is 132 cm³/mol. The number of benzene rings is 1. The fourth-order valence-electron chi connectivity index (χ4n) is 4.27. The number of ketones is 1. The van der Waals surface area contributed by atoms with Crippen molar-refractivity contribution in [2.24, 2.45) is 5.92 Å². The molecule has 0 spiro atoms. The first-order valence-electron chi connectivity index (χ1n) is 12.0. The first kappa shape index (κ1) is 26.0. The molecule has 178 valence electrons. The van der Waals surface area contributed by atoms with Crippen LogP contribution in [0, 0.1) is 12.8 Å². The van der Waals surface area contributed by atoms with E-state index in [2.05, 4.69) is 32.9 Å². The molecule has 4 heteroatoms. The summed E-state index contributed by atoms with van der Waals surface area (Å²) in [4.78, 5) is 11.8. The first-order valence-corrected chi connectivity index (χ1v) is 12.0. The van der Waals surface area contributed by atoms with Gasteiger partial charge in [0.1, 0.15) is 17.1 Å². The highest BCUT2D eigenvalue weighted by molar-refractivity contribution is 5.80. The maximum atomic E-state index is 11.8. The van der Waals surface area contributed by atoms with Crippen molar-refractivity contribution < 1.29 is 19.4 Å². The van der Waals surface area contributed by atoms with E-state index in [4.69, 9.17) is 9.47 Å². The summed E-state index contributed by atoms with van der Waals surface area (Å²) in [7, 11) is 1.59. The van der Waals surface area contributed by atoms with E-state index in [9.17, 15) is 9.90 Å². The molecule has 0 aliphatic carbocycles. The summed E-state index contributed by atoms with van der Waals surface area (Å²) in [5.41, 5.74) is 4.43. The fraction of sp³-hybridized carbons (Fsp3) is 0.607. The average molecular weight is 443 g/mol. The van der Waals surface area contributed by atoms with E-state index in [0.717, 1.165) is 61.8 Å². The number of hydrogen-bond donors (Lipinski definition) is 1. The van der Waals surface area contributed by atoms with Crippen LogP contribution >= 0.6 is 0 Å². The molecule has 1 heterocycles. The van der Waals surface area contributed by atoms with Crippen molar-refractivity contribution in [1.29, 1.82) is 0 Å². The number of ether oxygens (including phenoxy) is 2. The first-order chi connectivity index (χ1) is 15.1. The number of rotatable bonds is 11. The quantitative estimate of drug-likeness (QED) is 0.367. The molecular formula is C28H42O4. The Morgan fingerprint density at radius 3 is 2.50 bits per heavy atom. The summed E-state index contributed by atoms with van der Waals surface area (Å²) in [5.74, 6) is 2.08. The lowest BCUT2D eigenvalue weighted by Gasteiger charge is -2.37. The molecule has 1 aliphatic heterocycles. The molecule has 4 nitrogen and oxygen atoms in total. The zero-order valence-corrected chi connectivity index (χ0v) is 21.1. The summed E-state index contributed by atoms with van der Waals surface area (Å²) in [6.45, 7) is 12.4. The standard InChI is InChI=1S/C28H42O4/c1-19(2)24(29)14-13-21(4)11-8-10-20(3)12-9-16-28(6)17-15-23-26(32-28)22(5)18-25(30)27(23)31-7/h11-12,18-19,30H,8-10,13-17H2,1-7H3/b20-12+,21-11+/t28-/m1/s1. The number of aryl methyl sites for hydroxylation is 1. The highest BCUT2D eigenvalue weighted by Crippen LogP contribution is 2.46. The Morgan fingerprint density at radius 1 is 1.19 bits per heavy atom. The van der Waals surface area contributed by atoms with E-state index in [0.29, 0.717) is 18.0 Å². The van der Waals surface area contributed by atoms with Crippen LogP contribution in [0.2, 0.25) is 0 Å². The zero-order chi connectivity index (χ0) is 23.9. The molecule has 1 N–H and O–H groups in total. The van der Waals surface area contributed by atoms with Gasteiger partial charge in [0.2, 0.25) is 0 Å². The van der Waals surface area contributed by atoms with E-state index in [1.54, 1.807) is 13.2 Å². The van der Waals surface area contributed by atoms with Crippen LogP contribution in [0.1, 0.15) is 90.7 Å². The Bertz CT molecular complexity index is 863. The predicted octanol–water partition coefficient (Wildman–Crippen LogP) is 7.25. The summed E-state index contributed by atoms with van der Waals surface area (Å²) in [6, 6.07) is 1.72. The van der Waals surface area contributed by atoms with Gasteiger partial charge in [-0.05, 0) is 84.3 Å². The van der Waals surface area contributed by atoms with Gasteiger partial charge in [-0.2, -0.15) is 0 Å². The number of aromatic hydroxyl groups is 1. The van der Waals surface area contributed by atoms with Crippen LogP contribution in [0.15, 0.2) is 29.4 Å². The van der Waals surface area contributed by atoms with Crippen LogP contribution in [0.5, 0.6) is 17.2 Å². The van der Waals surface area contributed by atoms with E-state index < -0.39 is 0 Å². The molecule has 0 amide bonds. The largest absolute Gasteiger partial charge is 0.504 e. The SMILES string of the molecule is COc1c(O)cc(C)c2c1CC[C@@](C)(CC/C=C(\C)CC/C=C(\C)CCC(=O)C(C)C)O2. The van der Waals surface area contributed by atoms with E-state index >= 15 is 0 Å². The second-order valence-electron chi connectivity index (χ2n) is 9.90. The molecule has 1 aromatic rings. The monoisotopic (exact) mass is 442 g/mol. The Morgan fingerprint density at radius 2 is 1.84 bits per heavy atom. The number of fused-ring (bicyclic) bond motifs is 1. The van der Waals surface area contributed by atoms with Gasteiger partial charge in [0.15, 0.2) is 11.5 Å². The van der Waals surface area contributed by atoms with Crippen molar-refractivity contribution in [3.63, 3.8) is 0 Å². The van der Waals surface area contributed by atoms with Crippen molar-refractivity contribution in [2.75, 3.05) is 7.11 Å². The van der Waals surface area contributed by atoms with Crippen LogP contribution in [0.4, 0.5) is 0 Å². The summed E-state index contributed by atoms with van der Waals surface area (Å²) >= 11 is 0. The third kappa shape index (κ3) is 7.15. The number of phenolic OH excluding ortho intramolecular Hbond substituents is 1. The number of methoxy groups -OCH3 is 1. The highest BCUT2D eigenvalue weighted by atomic mass is 16.5. The topological polar surface area (TPSA) is 55.8 Å².